The van der Waals surface area contributed by atoms with Gasteiger partial charge in [0.25, 0.3) is 0 Å². The smallest absolute Gasteiger partial charge is 0.744 e. The Bertz CT molecular complexity index is 1080. The standard InChI is InChI=1S/C16H14N2O6S4.2Na/c19-27(20,21)15(11-1-5-13(6-2-11)17-9-25)16(28(22,23)24)12-3-7-14(8-4-12)18-10-26;;/h1,3,5,7H,2,4,6,8H2,(H,19,20,21)(H,22,23,24);;/q;2*+1/p-2/b16-15+;;. The van der Waals surface area contributed by atoms with Crippen LogP contribution in [-0.2, 0) is 20.2 Å². The molecule has 0 saturated heterocycles. The van der Waals surface area contributed by atoms with Crippen LogP contribution >= 0.6 is 24.4 Å². The molecule has 30 heavy (non-hydrogen) atoms. The first kappa shape index (κ1) is 30.1. The maximum atomic E-state index is 11.9. The van der Waals surface area contributed by atoms with Crippen molar-refractivity contribution in [2.24, 2.45) is 9.98 Å². The fourth-order valence-corrected chi connectivity index (χ4v) is 5.32. The number of thiocarbonyl (C=S) groups is 2. The van der Waals surface area contributed by atoms with E-state index in [2.05, 4.69) is 44.7 Å². The third kappa shape index (κ3) is 8.23. The molecule has 8 nitrogen and oxygen atoms in total. The van der Waals surface area contributed by atoms with Crippen molar-refractivity contribution in [2.75, 3.05) is 0 Å². The first-order valence-electron chi connectivity index (χ1n) is 7.70. The molecule has 148 valence electrons. The molecule has 0 aromatic rings. The Kier molecular flexibility index (Phi) is 13.0. The Morgan fingerprint density at radius 1 is 0.733 bits per heavy atom. The van der Waals surface area contributed by atoms with E-state index in [0.29, 0.717) is 11.4 Å². The van der Waals surface area contributed by atoms with Gasteiger partial charge in [0.15, 0.2) is 0 Å². The number of aliphatic imine (C=N–C) groups is 2. The van der Waals surface area contributed by atoms with Crippen molar-refractivity contribution in [1.29, 1.82) is 0 Å². The fraction of sp³-hybridized carbons (Fsp3) is 0.250. The predicted octanol–water partition coefficient (Wildman–Crippen LogP) is -3.29. The van der Waals surface area contributed by atoms with Gasteiger partial charge in [-0.05, 0) is 73.4 Å². The average molecular weight is 503 g/mol. The molecule has 0 spiro atoms. The second-order valence-corrected chi connectivity index (χ2v) is 8.67. The van der Waals surface area contributed by atoms with Crippen molar-refractivity contribution in [2.45, 2.75) is 25.7 Å². The molecule has 0 radical (unpaired) electrons. The minimum atomic E-state index is -5.28. The summed E-state index contributed by atoms with van der Waals surface area (Å²) in [5.41, 5.74) is 0.798. The SMILES string of the molecule is O=S(=O)([O-])/C(C1=CC=C(N=C=S)CC1)=C(\C1=CC=C(N=C=S)CC1)S(=O)(=O)[O-].[Na+].[Na+]. The van der Waals surface area contributed by atoms with Crippen molar-refractivity contribution < 1.29 is 85.1 Å². The van der Waals surface area contributed by atoms with Crippen LogP contribution in [0, 0.1) is 0 Å². The first-order chi connectivity index (χ1) is 13.1. The molecule has 0 amide bonds. The number of isothiocyanates is 2. The third-order valence-electron chi connectivity index (χ3n) is 3.92. The van der Waals surface area contributed by atoms with Crippen LogP contribution in [-0.4, -0.2) is 36.3 Å². The summed E-state index contributed by atoms with van der Waals surface area (Å²) in [5.74, 6) is 0. The number of hydrogen-bond acceptors (Lipinski definition) is 10. The largest absolute Gasteiger partial charge is 1.00 e. The maximum absolute atomic E-state index is 11.9. The number of allylic oxidation sites excluding steroid dienone is 8. The summed E-state index contributed by atoms with van der Waals surface area (Å²) in [6.07, 6.45) is 5.65. The van der Waals surface area contributed by atoms with Gasteiger partial charge in [0, 0.05) is 0 Å². The van der Waals surface area contributed by atoms with Crippen LogP contribution in [0.5, 0.6) is 0 Å². The molecule has 2 aliphatic rings. The molecule has 0 atom stereocenters. The molecule has 0 fully saturated rings. The fourth-order valence-electron chi connectivity index (χ4n) is 2.77. The molecule has 0 heterocycles. The van der Waals surface area contributed by atoms with Crippen LogP contribution < -0.4 is 59.1 Å². The summed E-state index contributed by atoms with van der Waals surface area (Å²) in [4.78, 5) is 5.45. The van der Waals surface area contributed by atoms with E-state index < -0.39 is 30.0 Å². The van der Waals surface area contributed by atoms with E-state index in [4.69, 9.17) is 0 Å². The molecule has 0 saturated carbocycles. The molecule has 0 unspecified atom stereocenters. The van der Waals surface area contributed by atoms with Crippen molar-refractivity contribution in [3.8, 4) is 0 Å². The van der Waals surface area contributed by atoms with Crippen molar-refractivity contribution in [3.05, 3.63) is 56.7 Å². The van der Waals surface area contributed by atoms with E-state index in [1.165, 1.54) is 24.3 Å². The third-order valence-corrected chi connectivity index (χ3v) is 6.17. The molecule has 0 aromatic heterocycles. The quantitative estimate of drug-likeness (QED) is 0.159. The summed E-state index contributed by atoms with van der Waals surface area (Å²) in [6, 6.07) is 0. The molecule has 2 rings (SSSR count). The van der Waals surface area contributed by atoms with E-state index in [0.717, 1.165) is 0 Å². The number of rotatable bonds is 6. The maximum Gasteiger partial charge on any atom is 1.00 e. The summed E-state index contributed by atoms with van der Waals surface area (Å²) in [5, 5.41) is 4.32. The van der Waals surface area contributed by atoms with Gasteiger partial charge in [0.1, 0.15) is 20.2 Å². The second-order valence-electron chi connectivity index (χ2n) is 5.67. The molecule has 0 bridgehead atoms. The Balaban J connectivity index is 0.00000420. The summed E-state index contributed by atoms with van der Waals surface area (Å²) >= 11 is 8.98. The number of nitrogens with zero attached hydrogens (tertiary/aromatic N) is 2. The van der Waals surface area contributed by atoms with Gasteiger partial charge in [-0.25, -0.2) is 16.8 Å². The molecule has 0 N–H and O–H groups in total. The van der Waals surface area contributed by atoms with Gasteiger partial charge in [-0.15, -0.1) is 0 Å². The van der Waals surface area contributed by atoms with E-state index in [1.807, 2.05) is 0 Å². The van der Waals surface area contributed by atoms with Crippen LogP contribution in [0.25, 0.3) is 0 Å². The van der Waals surface area contributed by atoms with Gasteiger partial charge < -0.3 is 9.11 Å². The molecule has 0 aliphatic heterocycles. The van der Waals surface area contributed by atoms with E-state index >= 15 is 0 Å². The van der Waals surface area contributed by atoms with Crippen LogP contribution in [0.4, 0.5) is 0 Å². The van der Waals surface area contributed by atoms with Gasteiger partial charge in [0.2, 0.25) is 0 Å². The van der Waals surface area contributed by atoms with Crippen LogP contribution in [0.15, 0.2) is 66.6 Å². The van der Waals surface area contributed by atoms with Crippen LogP contribution in [0.3, 0.4) is 0 Å². The van der Waals surface area contributed by atoms with Crippen LogP contribution in [0.2, 0.25) is 0 Å². The summed E-state index contributed by atoms with van der Waals surface area (Å²) < 4.78 is 71.5. The Morgan fingerprint density at radius 3 is 1.27 bits per heavy atom. The Hall–Kier alpha value is 0.120. The van der Waals surface area contributed by atoms with E-state index in [9.17, 15) is 25.9 Å². The predicted molar refractivity (Wildman–Crippen MR) is 107 cm³/mol. The normalized spacial score (nSPS) is 17.1. The Labute approximate surface area is 229 Å². The minimum absolute atomic E-state index is 0. The summed E-state index contributed by atoms with van der Waals surface area (Å²) in [6.45, 7) is 0. The van der Waals surface area contributed by atoms with Crippen LogP contribution in [0.1, 0.15) is 25.7 Å². The molecule has 0 aromatic carbocycles. The molecule has 14 heteroatoms. The Morgan fingerprint density at radius 2 is 1.07 bits per heavy atom. The average Bonchev–Trinajstić information content (AvgIpc) is 2.60. The van der Waals surface area contributed by atoms with Crippen molar-refractivity contribution >= 4 is 55.0 Å². The van der Waals surface area contributed by atoms with E-state index in [-0.39, 0.29) is 95.9 Å². The molecular formula is C16H12N2Na2O6S4. The summed E-state index contributed by atoms with van der Waals surface area (Å²) in [7, 11) is -10.6. The van der Waals surface area contributed by atoms with E-state index in [1.54, 1.807) is 0 Å². The molecule has 2 aliphatic carbocycles. The van der Waals surface area contributed by atoms with Gasteiger partial charge >= 0.3 is 59.1 Å². The van der Waals surface area contributed by atoms with Gasteiger partial charge in [-0.2, -0.15) is 9.98 Å². The van der Waals surface area contributed by atoms with Gasteiger partial charge in [0.05, 0.1) is 31.5 Å². The first-order valence-corrected chi connectivity index (χ1v) is 11.3. The zero-order valence-corrected chi connectivity index (χ0v) is 23.4. The van der Waals surface area contributed by atoms with Gasteiger partial charge in [-0.3, -0.25) is 0 Å². The monoisotopic (exact) mass is 502 g/mol. The topological polar surface area (TPSA) is 139 Å². The van der Waals surface area contributed by atoms with Gasteiger partial charge in [-0.1, -0.05) is 12.2 Å². The van der Waals surface area contributed by atoms with Crippen molar-refractivity contribution in [3.63, 3.8) is 0 Å². The zero-order valence-electron chi connectivity index (χ0n) is 16.1. The zero-order chi connectivity index (χ0) is 20.9. The van der Waals surface area contributed by atoms with Crippen molar-refractivity contribution in [1.82, 2.24) is 0 Å². The second kappa shape index (κ2) is 13.0. The minimum Gasteiger partial charge on any atom is -0.744 e. The number of hydrogen-bond donors (Lipinski definition) is 0. The molecular weight excluding hydrogens is 490 g/mol.